The van der Waals surface area contributed by atoms with Crippen molar-refractivity contribution in [3.8, 4) is 17.2 Å². The highest BCUT2D eigenvalue weighted by molar-refractivity contribution is 7.90. The molecule has 0 unspecified atom stereocenters. The maximum absolute atomic E-state index is 13.2. The van der Waals surface area contributed by atoms with Gasteiger partial charge in [-0.3, -0.25) is 4.90 Å². The number of nitrogens with zero attached hydrogens (tertiary/aromatic N) is 3. The van der Waals surface area contributed by atoms with Gasteiger partial charge in [0.2, 0.25) is 0 Å². The number of urea groups is 1. The Balaban J connectivity index is 1.19. The molecule has 0 aliphatic carbocycles. The number of amides is 2. The van der Waals surface area contributed by atoms with Crippen molar-refractivity contribution in [3.05, 3.63) is 36.4 Å². The van der Waals surface area contributed by atoms with Gasteiger partial charge >= 0.3 is 6.03 Å². The maximum Gasteiger partial charge on any atom is 0.335 e. The van der Waals surface area contributed by atoms with Crippen LogP contribution in [0.5, 0.6) is 17.2 Å². The number of nitrogens with one attached hydrogen (secondary N) is 1. The van der Waals surface area contributed by atoms with Crippen molar-refractivity contribution >= 4 is 27.4 Å². The zero-order valence-electron chi connectivity index (χ0n) is 19.0. The molecule has 1 fully saturated rings. The summed E-state index contributed by atoms with van der Waals surface area (Å²) in [5.74, 6) is 1.66. The predicted octanol–water partition coefficient (Wildman–Crippen LogP) is 2.21. The number of ether oxygens (including phenoxy) is 3. The van der Waals surface area contributed by atoms with Crippen molar-refractivity contribution in [3.63, 3.8) is 0 Å². The fraction of sp³-hybridized carbons (Fsp3) is 0.435. The quantitative estimate of drug-likeness (QED) is 0.661. The van der Waals surface area contributed by atoms with Crippen molar-refractivity contribution in [2.45, 2.75) is 11.3 Å². The van der Waals surface area contributed by atoms with E-state index in [4.69, 9.17) is 14.2 Å². The molecule has 0 spiro atoms. The molecule has 0 atom stereocenters. The lowest BCUT2D eigenvalue weighted by Gasteiger charge is -2.37. The second-order valence-electron chi connectivity index (χ2n) is 8.35. The first kappa shape index (κ1) is 22.6. The average molecular weight is 489 g/mol. The molecule has 10 nitrogen and oxygen atoms in total. The molecule has 3 aliphatic heterocycles. The summed E-state index contributed by atoms with van der Waals surface area (Å²) in [5.41, 5.74) is 1.30. The number of fused-ring (bicyclic) bond motifs is 2. The minimum absolute atomic E-state index is 0.0294. The average Bonchev–Trinajstić information content (AvgIpc) is 2.85. The summed E-state index contributed by atoms with van der Waals surface area (Å²) in [4.78, 5) is 17.2. The van der Waals surface area contributed by atoms with E-state index >= 15 is 0 Å². The number of benzene rings is 2. The molecule has 0 saturated carbocycles. The first-order chi connectivity index (χ1) is 16.5. The predicted molar refractivity (Wildman–Crippen MR) is 127 cm³/mol. The van der Waals surface area contributed by atoms with E-state index < -0.39 is 16.1 Å². The summed E-state index contributed by atoms with van der Waals surface area (Å²) >= 11 is 0. The molecule has 2 aromatic rings. The molecule has 11 heteroatoms. The van der Waals surface area contributed by atoms with Crippen molar-refractivity contribution in [1.29, 1.82) is 0 Å². The second-order valence-corrected chi connectivity index (χ2v) is 10.2. The van der Waals surface area contributed by atoms with Gasteiger partial charge in [-0.05, 0) is 18.6 Å². The highest BCUT2D eigenvalue weighted by Crippen LogP contribution is 2.40. The third kappa shape index (κ3) is 4.21. The van der Waals surface area contributed by atoms with Crippen LogP contribution in [0, 0.1) is 0 Å². The van der Waals surface area contributed by atoms with E-state index in [0.29, 0.717) is 37.7 Å². The van der Waals surface area contributed by atoms with Gasteiger partial charge in [0.25, 0.3) is 10.0 Å². The lowest BCUT2D eigenvalue weighted by Crippen LogP contribution is -2.48. The van der Waals surface area contributed by atoms with E-state index in [1.54, 1.807) is 7.11 Å². The molecule has 2 aromatic carbocycles. The number of carbonyl (C=O) groups excluding carboxylic acids is 1. The van der Waals surface area contributed by atoms with Crippen molar-refractivity contribution in [2.24, 2.45) is 0 Å². The number of hydrogen-bond donors (Lipinski definition) is 1. The van der Waals surface area contributed by atoms with E-state index in [2.05, 4.69) is 21.2 Å². The standard InChI is InChI=1S/C23H28N4O6S/c1-31-19-6-3-2-5-18(19)26-11-9-25(10-12-26)7-4-8-27-23(28)24-17-15-20-21(33-14-13-32-20)16-22(17)34(27,29)30/h2-3,5-6,15-16H,4,7-14H2,1H3,(H,24,28). The van der Waals surface area contributed by atoms with Crippen LogP contribution in [0.2, 0.25) is 0 Å². The highest BCUT2D eigenvalue weighted by atomic mass is 32.2. The number of piperazine rings is 1. The van der Waals surface area contributed by atoms with E-state index in [1.807, 2.05) is 18.2 Å². The number of rotatable bonds is 6. The third-order valence-corrected chi connectivity index (χ3v) is 8.14. The van der Waals surface area contributed by atoms with Crippen molar-refractivity contribution in [2.75, 3.05) is 69.8 Å². The monoisotopic (exact) mass is 488 g/mol. The Bertz CT molecular complexity index is 1180. The smallest absolute Gasteiger partial charge is 0.335 e. The Morgan fingerprint density at radius 3 is 2.44 bits per heavy atom. The minimum Gasteiger partial charge on any atom is -0.495 e. The largest absolute Gasteiger partial charge is 0.495 e. The lowest BCUT2D eigenvalue weighted by atomic mass is 10.2. The first-order valence-corrected chi connectivity index (χ1v) is 12.8. The van der Waals surface area contributed by atoms with Gasteiger partial charge in [0.05, 0.1) is 18.5 Å². The Hall–Kier alpha value is -3.18. The molecule has 0 radical (unpaired) electrons. The van der Waals surface area contributed by atoms with Crippen molar-refractivity contribution < 1.29 is 27.4 Å². The molecule has 182 valence electrons. The highest BCUT2D eigenvalue weighted by Gasteiger charge is 2.38. The van der Waals surface area contributed by atoms with Crippen molar-refractivity contribution in [1.82, 2.24) is 9.21 Å². The van der Waals surface area contributed by atoms with Gasteiger partial charge in [0.15, 0.2) is 11.5 Å². The van der Waals surface area contributed by atoms with Crippen LogP contribution >= 0.6 is 0 Å². The second kappa shape index (κ2) is 9.22. The van der Waals surface area contributed by atoms with Crippen LogP contribution in [0.1, 0.15) is 6.42 Å². The maximum atomic E-state index is 13.2. The van der Waals surface area contributed by atoms with Gasteiger partial charge < -0.3 is 24.4 Å². The number of sulfonamides is 1. The van der Waals surface area contributed by atoms with Crippen LogP contribution in [-0.2, 0) is 10.0 Å². The Kier molecular flexibility index (Phi) is 6.13. The molecule has 5 rings (SSSR count). The van der Waals surface area contributed by atoms with Crippen LogP contribution in [-0.4, -0.2) is 83.2 Å². The summed E-state index contributed by atoms with van der Waals surface area (Å²) in [5, 5.41) is 2.68. The van der Waals surface area contributed by atoms with Gasteiger partial charge in [0, 0.05) is 51.4 Å². The Labute approximate surface area is 199 Å². The van der Waals surface area contributed by atoms with Crippen LogP contribution in [0.25, 0.3) is 0 Å². The Morgan fingerprint density at radius 2 is 1.71 bits per heavy atom. The zero-order chi connectivity index (χ0) is 23.7. The summed E-state index contributed by atoms with van der Waals surface area (Å²) in [7, 11) is -2.30. The fourth-order valence-electron chi connectivity index (χ4n) is 4.55. The van der Waals surface area contributed by atoms with Gasteiger partial charge in [-0.2, -0.15) is 0 Å². The number of hydrogen-bond acceptors (Lipinski definition) is 8. The molecule has 0 bridgehead atoms. The fourth-order valence-corrected chi connectivity index (χ4v) is 6.06. The van der Waals surface area contributed by atoms with Crippen LogP contribution in [0.3, 0.4) is 0 Å². The molecule has 0 aromatic heterocycles. The molecular weight excluding hydrogens is 460 g/mol. The molecule has 3 heterocycles. The Morgan fingerprint density at radius 1 is 1.00 bits per heavy atom. The minimum atomic E-state index is -3.98. The van der Waals surface area contributed by atoms with Crippen LogP contribution in [0.15, 0.2) is 41.3 Å². The summed E-state index contributed by atoms with van der Waals surface area (Å²) in [6, 6.07) is 10.3. The molecular formula is C23H28N4O6S. The first-order valence-electron chi connectivity index (χ1n) is 11.3. The van der Waals surface area contributed by atoms with Gasteiger partial charge in [-0.15, -0.1) is 0 Å². The number of para-hydroxylation sites is 2. The van der Waals surface area contributed by atoms with Gasteiger partial charge in [-0.25, -0.2) is 17.5 Å². The molecule has 1 saturated heterocycles. The number of carbonyl (C=O) groups is 1. The number of methoxy groups -OCH3 is 1. The number of anilines is 2. The molecule has 3 aliphatic rings. The SMILES string of the molecule is COc1ccccc1N1CCN(CCCN2C(=O)Nc3cc4c(cc3S2(=O)=O)OCCO4)CC1. The normalized spacial score (nSPS) is 19.4. The molecule has 2 amide bonds. The van der Waals surface area contributed by atoms with Crippen LogP contribution in [0.4, 0.5) is 16.2 Å². The topological polar surface area (TPSA) is 101 Å². The van der Waals surface area contributed by atoms with Gasteiger partial charge in [0.1, 0.15) is 23.9 Å². The lowest BCUT2D eigenvalue weighted by molar-refractivity contribution is 0.171. The summed E-state index contributed by atoms with van der Waals surface area (Å²) in [6.07, 6.45) is 0.543. The van der Waals surface area contributed by atoms with E-state index in [0.717, 1.165) is 41.9 Å². The molecule has 34 heavy (non-hydrogen) atoms. The van der Waals surface area contributed by atoms with E-state index in [9.17, 15) is 13.2 Å². The summed E-state index contributed by atoms with van der Waals surface area (Å²) in [6.45, 7) is 4.94. The zero-order valence-corrected chi connectivity index (χ0v) is 19.8. The van der Waals surface area contributed by atoms with Gasteiger partial charge in [-0.1, -0.05) is 12.1 Å². The van der Waals surface area contributed by atoms with Crippen LogP contribution < -0.4 is 24.4 Å². The van der Waals surface area contributed by atoms with E-state index in [-0.39, 0.29) is 17.1 Å². The third-order valence-electron chi connectivity index (χ3n) is 6.31. The summed E-state index contributed by atoms with van der Waals surface area (Å²) < 4.78 is 43.8. The van der Waals surface area contributed by atoms with E-state index in [1.165, 1.54) is 12.1 Å². The molecule has 1 N–H and O–H groups in total.